The summed E-state index contributed by atoms with van der Waals surface area (Å²) >= 11 is 0. The quantitative estimate of drug-likeness (QED) is 0.907. The smallest absolute Gasteiger partial charge is 0.123 e. The molecule has 0 bridgehead atoms. The lowest BCUT2D eigenvalue weighted by Crippen LogP contribution is -2.62. The Balaban J connectivity index is 2.14. The minimum Gasteiger partial charge on any atom is -0.308 e. The highest BCUT2D eigenvalue weighted by molar-refractivity contribution is 5.26. The summed E-state index contributed by atoms with van der Waals surface area (Å²) in [4.78, 5) is 2.53. The summed E-state index contributed by atoms with van der Waals surface area (Å²) < 4.78 is 13.2. The first-order valence-electron chi connectivity index (χ1n) is 7.74. The lowest BCUT2D eigenvalue weighted by atomic mass is 9.88. The molecule has 1 heterocycles. The maximum absolute atomic E-state index is 13.2. The number of benzene rings is 1. The van der Waals surface area contributed by atoms with Crippen molar-refractivity contribution >= 4 is 0 Å². The van der Waals surface area contributed by atoms with Crippen molar-refractivity contribution in [3.8, 4) is 0 Å². The summed E-state index contributed by atoms with van der Waals surface area (Å²) in [6, 6.07) is 5.65. The Hall–Kier alpha value is -0.930. The Morgan fingerprint density at radius 2 is 2.05 bits per heavy atom. The fourth-order valence-corrected chi connectivity index (χ4v) is 3.08. The minimum absolute atomic E-state index is 0.143. The molecule has 112 valence electrons. The third kappa shape index (κ3) is 3.21. The number of piperazine rings is 1. The number of hydrogen-bond acceptors (Lipinski definition) is 2. The number of aryl methyl sites for hydroxylation is 1. The van der Waals surface area contributed by atoms with E-state index in [0.29, 0.717) is 6.04 Å². The molecule has 0 saturated carbocycles. The van der Waals surface area contributed by atoms with E-state index in [0.717, 1.165) is 38.0 Å². The summed E-state index contributed by atoms with van der Waals surface area (Å²) in [6.07, 6.45) is 2.30. The second kappa shape index (κ2) is 6.23. The van der Waals surface area contributed by atoms with Crippen molar-refractivity contribution in [2.24, 2.45) is 0 Å². The molecule has 1 fully saturated rings. The molecule has 2 rings (SSSR count). The zero-order valence-corrected chi connectivity index (χ0v) is 13.2. The first kappa shape index (κ1) is 15.5. The lowest BCUT2D eigenvalue weighted by molar-refractivity contribution is 0.0744. The molecule has 1 saturated heterocycles. The van der Waals surface area contributed by atoms with Crippen LogP contribution >= 0.6 is 0 Å². The highest BCUT2D eigenvalue weighted by atomic mass is 19.1. The zero-order valence-electron chi connectivity index (χ0n) is 13.2. The molecule has 1 atom stereocenters. The normalized spacial score (nSPS) is 22.9. The van der Waals surface area contributed by atoms with E-state index in [1.807, 2.05) is 13.0 Å². The molecule has 0 amide bonds. The Morgan fingerprint density at radius 3 is 2.65 bits per heavy atom. The SMILES string of the molecule is CCC1(CC)CN(Cc2ccc(F)cc2C)C(C)CN1. The van der Waals surface area contributed by atoms with Gasteiger partial charge in [-0.1, -0.05) is 19.9 Å². The molecule has 0 aromatic heterocycles. The van der Waals surface area contributed by atoms with Gasteiger partial charge in [-0.15, -0.1) is 0 Å². The molecule has 1 aromatic rings. The maximum Gasteiger partial charge on any atom is 0.123 e. The van der Waals surface area contributed by atoms with E-state index in [9.17, 15) is 4.39 Å². The van der Waals surface area contributed by atoms with Crippen LogP contribution in [0.15, 0.2) is 18.2 Å². The van der Waals surface area contributed by atoms with Gasteiger partial charge in [0, 0.05) is 31.2 Å². The van der Waals surface area contributed by atoms with Gasteiger partial charge in [-0.25, -0.2) is 4.39 Å². The van der Waals surface area contributed by atoms with Crippen LogP contribution < -0.4 is 5.32 Å². The molecule has 1 unspecified atom stereocenters. The molecular formula is C17H27FN2. The second-order valence-corrected chi connectivity index (χ2v) is 6.19. The van der Waals surface area contributed by atoms with E-state index in [-0.39, 0.29) is 11.4 Å². The molecule has 0 aliphatic carbocycles. The zero-order chi connectivity index (χ0) is 14.8. The Labute approximate surface area is 122 Å². The van der Waals surface area contributed by atoms with Crippen LogP contribution in [0, 0.1) is 12.7 Å². The molecule has 0 spiro atoms. The molecule has 1 N–H and O–H groups in total. The fraction of sp³-hybridized carbons (Fsp3) is 0.647. The van der Waals surface area contributed by atoms with Crippen LogP contribution in [0.1, 0.15) is 44.7 Å². The van der Waals surface area contributed by atoms with Gasteiger partial charge in [-0.3, -0.25) is 4.90 Å². The summed E-state index contributed by atoms with van der Waals surface area (Å²) in [6.45, 7) is 11.8. The summed E-state index contributed by atoms with van der Waals surface area (Å²) in [5.74, 6) is -0.143. The molecule has 0 radical (unpaired) electrons. The van der Waals surface area contributed by atoms with E-state index in [4.69, 9.17) is 0 Å². The van der Waals surface area contributed by atoms with Crippen molar-refractivity contribution in [2.45, 2.75) is 58.7 Å². The topological polar surface area (TPSA) is 15.3 Å². The summed E-state index contributed by atoms with van der Waals surface area (Å²) in [5.41, 5.74) is 2.52. The third-order valence-electron chi connectivity index (χ3n) is 4.93. The molecule has 1 aliphatic heterocycles. The Bertz CT molecular complexity index is 454. The van der Waals surface area contributed by atoms with Crippen LogP contribution in [0.3, 0.4) is 0 Å². The highest BCUT2D eigenvalue weighted by Crippen LogP contribution is 2.25. The van der Waals surface area contributed by atoms with Crippen LogP contribution in [-0.4, -0.2) is 29.6 Å². The van der Waals surface area contributed by atoms with Crippen molar-refractivity contribution in [3.05, 3.63) is 35.1 Å². The van der Waals surface area contributed by atoms with E-state index >= 15 is 0 Å². The van der Waals surface area contributed by atoms with Gasteiger partial charge in [-0.2, -0.15) is 0 Å². The minimum atomic E-state index is -0.143. The van der Waals surface area contributed by atoms with Gasteiger partial charge < -0.3 is 5.32 Å². The van der Waals surface area contributed by atoms with Crippen LogP contribution in [0.25, 0.3) is 0 Å². The van der Waals surface area contributed by atoms with Gasteiger partial charge in [0.15, 0.2) is 0 Å². The van der Waals surface area contributed by atoms with E-state index in [1.165, 1.54) is 5.56 Å². The van der Waals surface area contributed by atoms with E-state index in [1.54, 1.807) is 12.1 Å². The molecule has 1 aromatic carbocycles. The number of rotatable bonds is 4. The predicted molar refractivity (Wildman–Crippen MR) is 82.3 cm³/mol. The van der Waals surface area contributed by atoms with Gasteiger partial charge in [-0.05, 0) is 49.9 Å². The van der Waals surface area contributed by atoms with Crippen molar-refractivity contribution in [1.82, 2.24) is 10.2 Å². The van der Waals surface area contributed by atoms with Crippen LogP contribution in [0.2, 0.25) is 0 Å². The van der Waals surface area contributed by atoms with Crippen LogP contribution in [0.4, 0.5) is 4.39 Å². The second-order valence-electron chi connectivity index (χ2n) is 6.19. The van der Waals surface area contributed by atoms with Crippen molar-refractivity contribution < 1.29 is 4.39 Å². The lowest BCUT2D eigenvalue weighted by Gasteiger charge is -2.46. The van der Waals surface area contributed by atoms with Crippen molar-refractivity contribution in [2.75, 3.05) is 13.1 Å². The van der Waals surface area contributed by atoms with Crippen molar-refractivity contribution in [1.29, 1.82) is 0 Å². The van der Waals surface area contributed by atoms with Crippen molar-refractivity contribution in [3.63, 3.8) is 0 Å². The molecule has 20 heavy (non-hydrogen) atoms. The standard InChI is InChI=1S/C17H27FN2/c1-5-17(6-2)12-20(14(4)10-19-17)11-15-7-8-16(18)9-13(15)3/h7-9,14,19H,5-6,10-12H2,1-4H3. The molecule has 2 nitrogen and oxygen atoms in total. The Morgan fingerprint density at radius 1 is 1.35 bits per heavy atom. The fourth-order valence-electron chi connectivity index (χ4n) is 3.08. The summed E-state index contributed by atoms with van der Waals surface area (Å²) in [7, 11) is 0. The summed E-state index contributed by atoms with van der Waals surface area (Å²) in [5, 5.41) is 3.72. The monoisotopic (exact) mass is 278 g/mol. The first-order chi connectivity index (χ1) is 9.49. The number of nitrogens with one attached hydrogen (secondary N) is 1. The van der Waals surface area contributed by atoms with Gasteiger partial charge in [0.2, 0.25) is 0 Å². The van der Waals surface area contributed by atoms with E-state index in [2.05, 4.69) is 31.0 Å². The van der Waals surface area contributed by atoms with E-state index < -0.39 is 0 Å². The Kier molecular flexibility index (Phi) is 4.82. The van der Waals surface area contributed by atoms with Crippen LogP contribution in [0.5, 0.6) is 0 Å². The highest BCUT2D eigenvalue weighted by Gasteiger charge is 2.34. The first-order valence-corrected chi connectivity index (χ1v) is 7.74. The average molecular weight is 278 g/mol. The number of nitrogens with zero attached hydrogens (tertiary/aromatic N) is 1. The van der Waals surface area contributed by atoms with Gasteiger partial charge in [0.1, 0.15) is 5.82 Å². The molecule has 3 heteroatoms. The van der Waals surface area contributed by atoms with Gasteiger partial charge in [0.05, 0.1) is 0 Å². The van der Waals surface area contributed by atoms with Gasteiger partial charge >= 0.3 is 0 Å². The predicted octanol–water partition coefficient (Wildman–Crippen LogP) is 3.49. The number of hydrogen-bond donors (Lipinski definition) is 1. The van der Waals surface area contributed by atoms with Gasteiger partial charge in [0.25, 0.3) is 0 Å². The molecule has 1 aliphatic rings. The van der Waals surface area contributed by atoms with Crippen LogP contribution in [-0.2, 0) is 6.54 Å². The maximum atomic E-state index is 13.2. The average Bonchev–Trinajstić information content (AvgIpc) is 2.44. The third-order valence-corrected chi connectivity index (χ3v) is 4.93. The number of halogens is 1. The largest absolute Gasteiger partial charge is 0.308 e. The molecular weight excluding hydrogens is 251 g/mol.